The van der Waals surface area contributed by atoms with E-state index in [0.29, 0.717) is 17.4 Å². The summed E-state index contributed by atoms with van der Waals surface area (Å²) in [6.45, 7) is 4.13. The third kappa shape index (κ3) is 4.84. The molecule has 1 atom stereocenters. The van der Waals surface area contributed by atoms with Crippen LogP contribution in [0.1, 0.15) is 60.1 Å². The molecule has 0 radical (unpaired) electrons. The summed E-state index contributed by atoms with van der Waals surface area (Å²) in [5.74, 6) is 1.93. The van der Waals surface area contributed by atoms with Gasteiger partial charge in [0.15, 0.2) is 0 Å². The zero-order valence-electron chi connectivity index (χ0n) is 18.7. The molecule has 0 saturated heterocycles. The first-order valence-electron chi connectivity index (χ1n) is 11.2. The van der Waals surface area contributed by atoms with Crippen molar-refractivity contribution in [1.82, 2.24) is 10.3 Å². The molecule has 1 aliphatic carbocycles. The van der Waals surface area contributed by atoms with Crippen molar-refractivity contribution in [3.8, 4) is 17.0 Å². The van der Waals surface area contributed by atoms with Gasteiger partial charge in [0.1, 0.15) is 5.75 Å². The zero-order chi connectivity index (χ0) is 21.8. The second-order valence-corrected chi connectivity index (χ2v) is 8.76. The van der Waals surface area contributed by atoms with Crippen molar-refractivity contribution < 1.29 is 9.53 Å². The molecule has 2 aromatic carbocycles. The van der Waals surface area contributed by atoms with Crippen molar-refractivity contribution in [1.29, 1.82) is 0 Å². The van der Waals surface area contributed by atoms with E-state index in [2.05, 4.69) is 47.6 Å². The summed E-state index contributed by atoms with van der Waals surface area (Å²) in [6.07, 6.45) is 4.67. The molecule has 1 heterocycles. The van der Waals surface area contributed by atoms with Crippen LogP contribution in [0.2, 0.25) is 0 Å². The van der Waals surface area contributed by atoms with Gasteiger partial charge in [0, 0.05) is 17.3 Å². The molecule has 0 spiro atoms. The second-order valence-electron chi connectivity index (χ2n) is 8.76. The zero-order valence-corrected chi connectivity index (χ0v) is 18.7. The Labute approximate surface area is 185 Å². The number of carbonyl (C=O) groups excluding carboxylic acids is 1. The number of hydrogen-bond donors (Lipinski definition) is 2. The van der Waals surface area contributed by atoms with E-state index in [1.807, 2.05) is 37.3 Å². The minimum absolute atomic E-state index is 0.0140. The second kappa shape index (κ2) is 9.42. The molecule has 4 heteroatoms. The van der Waals surface area contributed by atoms with Gasteiger partial charge in [-0.15, -0.1) is 0 Å². The third-order valence-electron chi connectivity index (χ3n) is 6.66. The lowest BCUT2D eigenvalue weighted by molar-refractivity contribution is 0.0918. The summed E-state index contributed by atoms with van der Waals surface area (Å²) in [5.41, 5.74) is 4.90. The monoisotopic (exact) mass is 416 g/mol. The van der Waals surface area contributed by atoms with Crippen LogP contribution in [0.5, 0.6) is 5.75 Å². The molecule has 1 unspecified atom stereocenters. The summed E-state index contributed by atoms with van der Waals surface area (Å²) in [5, 5.41) is 3.28. The molecule has 1 amide bonds. The van der Waals surface area contributed by atoms with E-state index in [9.17, 15) is 4.79 Å². The van der Waals surface area contributed by atoms with Crippen LogP contribution in [-0.2, 0) is 0 Å². The van der Waals surface area contributed by atoms with Crippen LogP contribution in [0, 0.1) is 12.8 Å². The minimum Gasteiger partial charge on any atom is -0.497 e. The number of aryl methyl sites for hydroxylation is 1. The molecule has 2 N–H and O–H groups in total. The minimum atomic E-state index is -0.0140. The average Bonchev–Trinajstić information content (AvgIpc) is 3.21. The smallest absolute Gasteiger partial charge is 0.253 e. The number of carbonyl (C=O) groups is 1. The van der Waals surface area contributed by atoms with Crippen LogP contribution >= 0.6 is 0 Å². The fourth-order valence-electron chi connectivity index (χ4n) is 4.85. The number of amides is 1. The highest BCUT2D eigenvalue weighted by atomic mass is 16.5. The molecule has 1 aromatic heterocycles. The van der Waals surface area contributed by atoms with Gasteiger partial charge in [-0.2, -0.15) is 0 Å². The number of methoxy groups -OCH3 is 1. The molecule has 4 rings (SSSR count). The molecular weight excluding hydrogens is 384 g/mol. The van der Waals surface area contributed by atoms with Crippen molar-refractivity contribution in [3.05, 3.63) is 77.5 Å². The predicted octanol–water partition coefficient (Wildman–Crippen LogP) is 6.09. The fourth-order valence-corrected chi connectivity index (χ4v) is 4.85. The van der Waals surface area contributed by atoms with E-state index in [4.69, 9.17) is 4.74 Å². The van der Waals surface area contributed by atoms with Crippen LogP contribution in [0.4, 0.5) is 0 Å². The number of aromatic nitrogens is 1. The lowest BCUT2D eigenvalue weighted by Gasteiger charge is -2.33. The average molecular weight is 417 g/mol. The number of H-pyrrole nitrogens is 1. The van der Waals surface area contributed by atoms with Crippen LogP contribution in [0.15, 0.2) is 60.7 Å². The predicted molar refractivity (Wildman–Crippen MR) is 126 cm³/mol. The normalized spacial score (nSPS) is 19.6. The highest BCUT2D eigenvalue weighted by Gasteiger charge is 2.28. The van der Waals surface area contributed by atoms with Crippen LogP contribution < -0.4 is 10.1 Å². The Morgan fingerprint density at radius 2 is 1.77 bits per heavy atom. The van der Waals surface area contributed by atoms with Crippen molar-refractivity contribution in [2.24, 2.45) is 5.92 Å². The van der Waals surface area contributed by atoms with E-state index < -0.39 is 0 Å². The Morgan fingerprint density at radius 1 is 1.03 bits per heavy atom. The molecule has 3 aromatic rings. The summed E-state index contributed by atoms with van der Waals surface area (Å²) in [4.78, 5) is 16.5. The lowest BCUT2D eigenvalue weighted by atomic mass is 9.76. The quantitative estimate of drug-likeness (QED) is 0.511. The summed E-state index contributed by atoms with van der Waals surface area (Å²) >= 11 is 0. The molecule has 0 aliphatic heterocycles. The van der Waals surface area contributed by atoms with Gasteiger partial charge in [0.05, 0.1) is 18.4 Å². The van der Waals surface area contributed by atoms with Crippen molar-refractivity contribution in [2.75, 3.05) is 7.11 Å². The van der Waals surface area contributed by atoms with Gasteiger partial charge >= 0.3 is 0 Å². The van der Waals surface area contributed by atoms with Gasteiger partial charge in [-0.1, -0.05) is 42.5 Å². The Bertz CT molecular complexity index is 1020. The SMILES string of the molecule is COc1cccc(-c2[nH]c(C)cc2C(=O)NC(C)C2CCC(c3ccccc3)CC2)c1. The molecule has 1 aliphatic rings. The summed E-state index contributed by atoms with van der Waals surface area (Å²) in [7, 11) is 1.65. The molecule has 1 saturated carbocycles. The molecular formula is C27H32N2O2. The Balaban J connectivity index is 1.42. The Hall–Kier alpha value is -3.01. The molecule has 31 heavy (non-hydrogen) atoms. The van der Waals surface area contributed by atoms with E-state index in [0.717, 1.165) is 35.5 Å². The van der Waals surface area contributed by atoms with Crippen molar-refractivity contribution in [3.63, 3.8) is 0 Å². The topological polar surface area (TPSA) is 54.1 Å². The first-order chi connectivity index (χ1) is 15.0. The van der Waals surface area contributed by atoms with Gasteiger partial charge < -0.3 is 15.0 Å². The van der Waals surface area contributed by atoms with Crippen LogP contribution in [-0.4, -0.2) is 24.0 Å². The lowest BCUT2D eigenvalue weighted by Crippen LogP contribution is -2.39. The summed E-state index contributed by atoms with van der Waals surface area (Å²) < 4.78 is 5.35. The third-order valence-corrected chi connectivity index (χ3v) is 6.66. The highest BCUT2D eigenvalue weighted by molar-refractivity contribution is 6.00. The van der Waals surface area contributed by atoms with E-state index in [-0.39, 0.29) is 11.9 Å². The number of ether oxygens (including phenoxy) is 1. The first-order valence-corrected chi connectivity index (χ1v) is 11.2. The number of aromatic amines is 1. The van der Waals surface area contributed by atoms with E-state index in [1.165, 1.54) is 18.4 Å². The van der Waals surface area contributed by atoms with Gasteiger partial charge in [-0.05, 0) is 75.1 Å². The van der Waals surface area contributed by atoms with Gasteiger partial charge in [0.2, 0.25) is 0 Å². The van der Waals surface area contributed by atoms with Gasteiger partial charge in [-0.3, -0.25) is 4.79 Å². The van der Waals surface area contributed by atoms with Gasteiger partial charge in [0.25, 0.3) is 5.91 Å². The van der Waals surface area contributed by atoms with Gasteiger partial charge in [-0.25, -0.2) is 0 Å². The van der Waals surface area contributed by atoms with Crippen molar-refractivity contribution >= 4 is 5.91 Å². The standard InChI is InChI=1S/C27H32N2O2/c1-18-16-25(26(28-18)23-10-7-11-24(17-23)31-3)27(30)29-19(2)20-12-14-22(15-13-20)21-8-5-4-6-9-21/h4-11,16-17,19-20,22,28H,12-15H2,1-3H3,(H,29,30). The molecule has 4 nitrogen and oxygen atoms in total. The van der Waals surface area contributed by atoms with Crippen LogP contribution in [0.25, 0.3) is 11.3 Å². The van der Waals surface area contributed by atoms with Crippen LogP contribution in [0.3, 0.4) is 0 Å². The maximum Gasteiger partial charge on any atom is 0.253 e. The first kappa shape index (κ1) is 21.2. The fraction of sp³-hybridized carbons (Fsp3) is 0.370. The Morgan fingerprint density at radius 3 is 2.48 bits per heavy atom. The molecule has 162 valence electrons. The number of rotatable bonds is 6. The maximum absolute atomic E-state index is 13.2. The van der Waals surface area contributed by atoms with E-state index >= 15 is 0 Å². The molecule has 1 fully saturated rings. The molecule has 0 bridgehead atoms. The largest absolute Gasteiger partial charge is 0.497 e. The maximum atomic E-state index is 13.2. The van der Waals surface area contributed by atoms with E-state index in [1.54, 1.807) is 7.11 Å². The summed E-state index contributed by atoms with van der Waals surface area (Å²) in [6, 6.07) is 20.7. The number of hydrogen-bond acceptors (Lipinski definition) is 2. The highest BCUT2D eigenvalue weighted by Crippen LogP contribution is 2.37. The number of nitrogens with one attached hydrogen (secondary N) is 2. The van der Waals surface area contributed by atoms with Crippen molar-refractivity contribution in [2.45, 2.75) is 51.5 Å². The number of benzene rings is 2. The Kier molecular flexibility index (Phi) is 6.45.